The van der Waals surface area contributed by atoms with Crippen molar-refractivity contribution in [2.45, 2.75) is 52.1 Å². The van der Waals surface area contributed by atoms with Crippen LogP contribution in [0.4, 0.5) is 0 Å². The highest BCUT2D eigenvalue weighted by Crippen LogP contribution is 2.32. The van der Waals surface area contributed by atoms with Crippen LogP contribution in [-0.2, 0) is 0 Å². The van der Waals surface area contributed by atoms with Crippen molar-refractivity contribution in [1.29, 1.82) is 0 Å². The number of nitrogens with zero attached hydrogens (tertiary/aromatic N) is 1. The number of nitrogens with one attached hydrogen (secondary N) is 1. The fraction of sp³-hybridized carbons (Fsp3) is 1.00. The van der Waals surface area contributed by atoms with Crippen molar-refractivity contribution in [1.82, 2.24) is 10.2 Å². The van der Waals surface area contributed by atoms with E-state index in [9.17, 15) is 0 Å². The molecule has 0 amide bonds. The maximum absolute atomic E-state index is 3.46. The van der Waals surface area contributed by atoms with Crippen LogP contribution < -0.4 is 5.32 Å². The Bertz CT molecular complexity index is 175. The summed E-state index contributed by atoms with van der Waals surface area (Å²) in [6, 6.07) is 1.42. The first-order valence-corrected chi connectivity index (χ1v) is 6.42. The van der Waals surface area contributed by atoms with Crippen LogP contribution in [0, 0.1) is 11.8 Å². The standard InChI is InChI=1S/C13H28N2/c1-10(2)8-11(3)15(5)9-13(14-4)12-6-7-12/h10-14H,6-9H2,1-5H3. The van der Waals surface area contributed by atoms with Crippen molar-refractivity contribution in [2.24, 2.45) is 11.8 Å². The van der Waals surface area contributed by atoms with Gasteiger partial charge < -0.3 is 10.2 Å². The molecule has 2 heteroatoms. The summed E-state index contributed by atoms with van der Waals surface area (Å²) in [5.74, 6) is 1.75. The SMILES string of the molecule is CNC(CN(C)C(C)CC(C)C)C1CC1. The highest BCUT2D eigenvalue weighted by molar-refractivity contribution is 4.87. The minimum Gasteiger partial charge on any atom is -0.315 e. The summed E-state index contributed by atoms with van der Waals surface area (Å²) in [6.45, 7) is 8.16. The number of rotatable bonds is 7. The predicted molar refractivity (Wildman–Crippen MR) is 67.1 cm³/mol. The minimum absolute atomic E-state index is 0.708. The lowest BCUT2D eigenvalue weighted by molar-refractivity contribution is 0.201. The van der Waals surface area contributed by atoms with Gasteiger partial charge in [-0.3, -0.25) is 0 Å². The van der Waals surface area contributed by atoms with Gasteiger partial charge in [-0.05, 0) is 52.1 Å². The third-order valence-electron chi connectivity index (χ3n) is 3.61. The van der Waals surface area contributed by atoms with Crippen LogP contribution in [0.15, 0.2) is 0 Å². The van der Waals surface area contributed by atoms with E-state index in [0.717, 1.165) is 11.8 Å². The normalized spacial score (nSPS) is 21.0. The quantitative estimate of drug-likeness (QED) is 0.697. The van der Waals surface area contributed by atoms with Gasteiger partial charge in [0, 0.05) is 18.6 Å². The molecule has 1 aliphatic rings. The number of likely N-dealkylation sites (N-methyl/N-ethyl adjacent to an activating group) is 2. The maximum Gasteiger partial charge on any atom is 0.0220 e. The summed E-state index contributed by atoms with van der Waals surface area (Å²) in [4.78, 5) is 2.51. The molecule has 1 saturated carbocycles. The highest BCUT2D eigenvalue weighted by atomic mass is 15.1. The molecule has 1 N–H and O–H groups in total. The Morgan fingerprint density at radius 1 is 1.27 bits per heavy atom. The average Bonchev–Trinajstić information content (AvgIpc) is 2.95. The van der Waals surface area contributed by atoms with Crippen LogP contribution in [-0.4, -0.2) is 37.6 Å². The van der Waals surface area contributed by atoms with Gasteiger partial charge in [-0.2, -0.15) is 0 Å². The highest BCUT2D eigenvalue weighted by Gasteiger charge is 2.31. The van der Waals surface area contributed by atoms with Crippen LogP contribution in [0.1, 0.15) is 40.0 Å². The zero-order valence-electron chi connectivity index (χ0n) is 11.1. The first kappa shape index (κ1) is 13.0. The van der Waals surface area contributed by atoms with Crippen molar-refractivity contribution < 1.29 is 0 Å². The fourth-order valence-corrected chi connectivity index (χ4v) is 2.33. The summed E-state index contributed by atoms with van der Waals surface area (Å²) in [6.07, 6.45) is 4.16. The van der Waals surface area contributed by atoms with Crippen LogP contribution in [0.3, 0.4) is 0 Å². The van der Waals surface area contributed by atoms with Crippen molar-refractivity contribution >= 4 is 0 Å². The van der Waals surface area contributed by atoms with Gasteiger partial charge in [0.05, 0.1) is 0 Å². The summed E-state index contributed by atoms with van der Waals surface area (Å²) in [7, 11) is 4.36. The molecule has 0 heterocycles. The summed E-state index contributed by atoms with van der Waals surface area (Å²) >= 11 is 0. The van der Waals surface area contributed by atoms with E-state index in [2.05, 4.69) is 45.1 Å². The van der Waals surface area contributed by atoms with Gasteiger partial charge in [-0.1, -0.05) is 13.8 Å². The fourth-order valence-electron chi connectivity index (χ4n) is 2.33. The van der Waals surface area contributed by atoms with E-state index in [1.54, 1.807) is 0 Å². The molecule has 1 aliphatic carbocycles. The lowest BCUT2D eigenvalue weighted by Gasteiger charge is -2.30. The molecule has 0 aromatic carbocycles. The zero-order chi connectivity index (χ0) is 11.4. The third-order valence-corrected chi connectivity index (χ3v) is 3.61. The van der Waals surface area contributed by atoms with Crippen LogP contribution >= 0.6 is 0 Å². The van der Waals surface area contributed by atoms with Crippen LogP contribution in [0.5, 0.6) is 0 Å². The second kappa shape index (κ2) is 5.86. The topological polar surface area (TPSA) is 15.3 Å². The second-order valence-corrected chi connectivity index (χ2v) is 5.65. The van der Waals surface area contributed by atoms with Gasteiger partial charge >= 0.3 is 0 Å². The molecule has 0 aromatic rings. The van der Waals surface area contributed by atoms with Crippen molar-refractivity contribution in [3.63, 3.8) is 0 Å². The monoisotopic (exact) mass is 212 g/mol. The molecule has 0 aromatic heterocycles. The molecule has 2 unspecified atom stereocenters. The molecule has 90 valence electrons. The number of hydrogen-bond donors (Lipinski definition) is 1. The lowest BCUT2D eigenvalue weighted by atomic mass is 10.0. The molecule has 1 rings (SSSR count). The predicted octanol–water partition coefficient (Wildman–Crippen LogP) is 2.35. The van der Waals surface area contributed by atoms with Crippen LogP contribution in [0.2, 0.25) is 0 Å². The van der Waals surface area contributed by atoms with Gasteiger partial charge in [-0.25, -0.2) is 0 Å². The first-order chi connectivity index (χ1) is 7.04. The largest absolute Gasteiger partial charge is 0.315 e. The van der Waals surface area contributed by atoms with Crippen molar-refractivity contribution in [3.8, 4) is 0 Å². The van der Waals surface area contributed by atoms with Gasteiger partial charge in [0.15, 0.2) is 0 Å². The molecule has 0 aliphatic heterocycles. The maximum atomic E-state index is 3.46. The van der Waals surface area contributed by atoms with E-state index in [-0.39, 0.29) is 0 Å². The minimum atomic E-state index is 0.708. The molecule has 1 fully saturated rings. The van der Waals surface area contributed by atoms with Crippen LogP contribution in [0.25, 0.3) is 0 Å². The average molecular weight is 212 g/mol. The third kappa shape index (κ3) is 4.52. The number of hydrogen-bond acceptors (Lipinski definition) is 2. The Hall–Kier alpha value is -0.0800. The summed E-state index contributed by atoms with van der Waals surface area (Å²) in [5.41, 5.74) is 0. The van der Waals surface area contributed by atoms with E-state index < -0.39 is 0 Å². The van der Waals surface area contributed by atoms with Gasteiger partial charge in [0.2, 0.25) is 0 Å². The summed E-state index contributed by atoms with van der Waals surface area (Å²) < 4.78 is 0. The van der Waals surface area contributed by atoms with Gasteiger partial charge in [0.1, 0.15) is 0 Å². The van der Waals surface area contributed by atoms with E-state index in [0.29, 0.717) is 12.1 Å². The molecule has 2 nitrogen and oxygen atoms in total. The van der Waals surface area contributed by atoms with E-state index >= 15 is 0 Å². The zero-order valence-corrected chi connectivity index (χ0v) is 11.1. The smallest absolute Gasteiger partial charge is 0.0220 e. The Morgan fingerprint density at radius 3 is 2.27 bits per heavy atom. The summed E-state index contributed by atoms with van der Waals surface area (Å²) in [5, 5.41) is 3.46. The Labute approximate surface area is 95.4 Å². The molecular weight excluding hydrogens is 184 g/mol. The Balaban J connectivity index is 2.28. The Kier molecular flexibility index (Phi) is 5.07. The van der Waals surface area contributed by atoms with E-state index in [1.165, 1.54) is 25.8 Å². The first-order valence-electron chi connectivity index (χ1n) is 6.42. The van der Waals surface area contributed by atoms with E-state index in [4.69, 9.17) is 0 Å². The Morgan fingerprint density at radius 2 is 1.87 bits per heavy atom. The molecule has 2 atom stereocenters. The molecule has 0 radical (unpaired) electrons. The van der Waals surface area contributed by atoms with Gasteiger partial charge in [-0.15, -0.1) is 0 Å². The molecule has 15 heavy (non-hydrogen) atoms. The molecular formula is C13H28N2. The van der Waals surface area contributed by atoms with E-state index in [1.807, 2.05) is 0 Å². The molecule has 0 spiro atoms. The molecule has 0 bridgehead atoms. The van der Waals surface area contributed by atoms with Crippen molar-refractivity contribution in [2.75, 3.05) is 20.6 Å². The molecule has 0 saturated heterocycles. The second-order valence-electron chi connectivity index (χ2n) is 5.65. The lowest BCUT2D eigenvalue weighted by Crippen LogP contribution is -2.43. The van der Waals surface area contributed by atoms with Gasteiger partial charge in [0.25, 0.3) is 0 Å². The van der Waals surface area contributed by atoms with Crippen molar-refractivity contribution in [3.05, 3.63) is 0 Å².